The molecule has 5 heteroatoms. The molecule has 138 valence electrons. The molecule has 1 aromatic rings. The van der Waals surface area contributed by atoms with Gasteiger partial charge in [0.05, 0.1) is 0 Å². The minimum absolute atomic E-state index is 0.134. The van der Waals surface area contributed by atoms with Crippen LogP contribution in [0.3, 0.4) is 0 Å². The molecule has 5 nitrogen and oxygen atoms in total. The van der Waals surface area contributed by atoms with Gasteiger partial charge in [-0.1, -0.05) is 25.1 Å². The van der Waals surface area contributed by atoms with Crippen LogP contribution in [0.2, 0.25) is 0 Å². The van der Waals surface area contributed by atoms with Gasteiger partial charge < -0.3 is 19.9 Å². The summed E-state index contributed by atoms with van der Waals surface area (Å²) in [6.45, 7) is 9.22. The maximum absolute atomic E-state index is 12.4. The van der Waals surface area contributed by atoms with Gasteiger partial charge in [0, 0.05) is 12.3 Å². The second-order valence-corrected chi connectivity index (χ2v) is 7.43. The number of carbonyl (C=O) groups is 1. The smallest absolute Gasteiger partial charge is 0.279 e. The number of ether oxygens (including phenoxy) is 1. The van der Waals surface area contributed by atoms with Crippen molar-refractivity contribution in [2.24, 2.45) is 0 Å². The Kier molecular flexibility index (Phi) is 6.84. The Balaban J connectivity index is 1.40. The molecule has 0 bridgehead atoms. The van der Waals surface area contributed by atoms with Crippen molar-refractivity contribution in [2.45, 2.75) is 38.7 Å². The molecule has 0 saturated carbocycles. The van der Waals surface area contributed by atoms with Gasteiger partial charge in [0.25, 0.3) is 5.91 Å². The Morgan fingerprint density at radius 3 is 2.64 bits per heavy atom. The quantitative estimate of drug-likeness (QED) is 0.652. The molecule has 1 amide bonds. The van der Waals surface area contributed by atoms with Crippen LogP contribution in [0.4, 0.5) is 5.69 Å². The highest BCUT2D eigenvalue weighted by Crippen LogP contribution is 2.14. The van der Waals surface area contributed by atoms with E-state index in [0.717, 1.165) is 51.4 Å². The van der Waals surface area contributed by atoms with Gasteiger partial charge >= 0.3 is 0 Å². The van der Waals surface area contributed by atoms with E-state index in [1.54, 1.807) is 4.90 Å². The summed E-state index contributed by atoms with van der Waals surface area (Å²) >= 11 is 0. The second kappa shape index (κ2) is 9.32. The maximum atomic E-state index is 12.4. The fourth-order valence-electron chi connectivity index (χ4n) is 4.00. The van der Waals surface area contributed by atoms with Gasteiger partial charge in [0.2, 0.25) is 0 Å². The average molecular weight is 348 g/mol. The van der Waals surface area contributed by atoms with Crippen LogP contribution < -0.4 is 15.1 Å². The Morgan fingerprint density at radius 1 is 1.16 bits per heavy atom. The molecule has 0 aromatic heterocycles. The molecule has 25 heavy (non-hydrogen) atoms. The Morgan fingerprint density at radius 2 is 1.92 bits per heavy atom. The van der Waals surface area contributed by atoms with Gasteiger partial charge in [-0.05, 0) is 37.3 Å². The van der Waals surface area contributed by atoms with Gasteiger partial charge in [0.15, 0.2) is 6.54 Å². The molecule has 1 aromatic carbocycles. The number of nitrogens with one attached hydrogen (secondary N) is 3. The summed E-state index contributed by atoms with van der Waals surface area (Å²) in [5.74, 6) is 0.134. The molecule has 0 radical (unpaired) electrons. The first-order chi connectivity index (χ1) is 12.2. The van der Waals surface area contributed by atoms with Crippen molar-refractivity contribution in [3.8, 4) is 0 Å². The van der Waals surface area contributed by atoms with Gasteiger partial charge in [-0.25, -0.2) is 0 Å². The highest BCUT2D eigenvalue weighted by Gasteiger charge is 2.28. The molecule has 2 aliphatic rings. The lowest BCUT2D eigenvalue weighted by molar-refractivity contribution is -1.01. The van der Waals surface area contributed by atoms with Crippen molar-refractivity contribution in [3.63, 3.8) is 0 Å². The second-order valence-electron chi connectivity index (χ2n) is 7.43. The number of para-hydroxylation sites is 1. The van der Waals surface area contributed by atoms with E-state index in [0.29, 0.717) is 12.6 Å². The Hall–Kier alpha value is -1.43. The summed E-state index contributed by atoms with van der Waals surface area (Å²) < 4.78 is 5.87. The number of aryl methyl sites for hydroxylation is 1. The summed E-state index contributed by atoms with van der Waals surface area (Å²) in [6.07, 6.45) is 5.15. The highest BCUT2D eigenvalue weighted by atomic mass is 16.5. The van der Waals surface area contributed by atoms with Crippen LogP contribution in [-0.2, 0) is 16.0 Å². The van der Waals surface area contributed by atoms with E-state index in [4.69, 9.17) is 4.74 Å². The van der Waals surface area contributed by atoms with E-state index in [9.17, 15) is 4.79 Å². The normalized spacial score (nSPS) is 27.0. The first-order valence-corrected chi connectivity index (χ1v) is 9.91. The van der Waals surface area contributed by atoms with Gasteiger partial charge in [-0.3, -0.25) is 4.79 Å². The van der Waals surface area contributed by atoms with E-state index in [-0.39, 0.29) is 5.91 Å². The van der Waals surface area contributed by atoms with Crippen LogP contribution in [0.5, 0.6) is 0 Å². The van der Waals surface area contributed by atoms with Crippen molar-refractivity contribution in [1.82, 2.24) is 0 Å². The van der Waals surface area contributed by atoms with Crippen LogP contribution in [-0.4, -0.2) is 57.9 Å². The molecule has 2 fully saturated rings. The zero-order valence-corrected chi connectivity index (χ0v) is 15.5. The number of carbonyl (C=O) groups excluding carboxylic acids is 1. The fraction of sp³-hybridized carbons (Fsp3) is 0.650. The third-order valence-electron chi connectivity index (χ3n) is 5.54. The first kappa shape index (κ1) is 18.4. The molecule has 3 N–H and O–H groups in total. The Labute approximate surface area is 151 Å². The molecular weight excluding hydrogens is 314 g/mol. The number of rotatable bonds is 6. The third kappa shape index (κ3) is 5.53. The Bertz CT molecular complexity index is 550. The number of piperazine rings is 1. The molecule has 0 aliphatic carbocycles. The minimum Gasteiger partial charge on any atom is -0.372 e. The van der Waals surface area contributed by atoms with Crippen LogP contribution in [0.15, 0.2) is 24.3 Å². The lowest BCUT2D eigenvalue weighted by atomic mass is 10.1. The van der Waals surface area contributed by atoms with Crippen molar-refractivity contribution in [1.29, 1.82) is 0 Å². The van der Waals surface area contributed by atoms with Gasteiger partial charge in [-0.2, -0.15) is 0 Å². The van der Waals surface area contributed by atoms with Crippen molar-refractivity contribution >= 4 is 11.6 Å². The predicted octanol–water partition coefficient (Wildman–Crippen LogP) is -0.460. The van der Waals surface area contributed by atoms with E-state index in [1.165, 1.54) is 29.7 Å². The number of quaternary nitrogens is 2. The van der Waals surface area contributed by atoms with E-state index in [1.807, 2.05) is 18.2 Å². The molecule has 2 heterocycles. The van der Waals surface area contributed by atoms with Crippen molar-refractivity contribution in [3.05, 3.63) is 29.8 Å². The van der Waals surface area contributed by atoms with Crippen molar-refractivity contribution in [2.75, 3.05) is 51.2 Å². The predicted molar refractivity (Wildman–Crippen MR) is 99.2 cm³/mol. The first-order valence-electron chi connectivity index (χ1n) is 9.91. The molecule has 2 aliphatic heterocycles. The zero-order valence-electron chi connectivity index (χ0n) is 15.5. The maximum Gasteiger partial charge on any atom is 0.279 e. The number of anilines is 1. The average Bonchev–Trinajstić information content (AvgIpc) is 2.64. The van der Waals surface area contributed by atoms with Crippen molar-refractivity contribution < 1.29 is 19.3 Å². The van der Waals surface area contributed by atoms with Crippen LogP contribution in [0.25, 0.3) is 0 Å². The van der Waals surface area contributed by atoms with Crippen LogP contribution >= 0.6 is 0 Å². The topological polar surface area (TPSA) is 47.2 Å². The number of hydrogen-bond acceptors (Lipinski definition) is 2. The minimum atomic E-state index is 0.134. The molecule has 0 spiro atoms. The zero-order chi connectivity index (χ0) is 17.5. The SMILES string of the molecule is CCc1ccccc1NC(=O)C[NH+]1CC[NH+](C[C@@H]2CCCCO2)CC1. The van der Waals surface area contributed by atoms with Crippen LogP contribution in [0.1, 0.15) is 31.7 Å². The van der Waals surface area contributed by atoms with E-state index in [2.05, 4.69) is 18.3 Å². The number of hydrogen-bond donors (Lipinski definition) is 3. The summed E-state index contributed by atoms with van der Waals surface area (Å²) in [6, 6.07) is 8.09. The number of amides is 1. The summed E-state index contributed by atoms with van der Waals surface area (Å²) in [4.78, 5) is 15.4. The molecular formula is C20H33N3O2+2. The standard InChI is InChI=1S/C20H31N3O2/c1-2-17-7-3-4-9-19(17)21-20(24)16-23-12-10-22(11-13-23)15-18-8-5-6-14-25-18/h3-4,7,9,18H,2,5-6,8,10-16H2,1H3,(H,21,24)/p+2/t18-/m0/s1. The van der Waals surface area contributed by atoms with Gasteiger partial charge in [0.1, 0.15) is 38.8 Å². The monoisotopic (exact) mass is 347 g/mol. The van der Waals surface area contributed by atoms with E-state index >= 15 is 0 Å². The molecule has 0 unspecified atom stereocenters. The highest BCUT2D eigenvalue weighted by molar-refractivity contribution is 5.92. The molecule has 2 saturated heterocycles. The number of benzene rings is 1. The molecule has 3 rings (SSSR count). The largest absolute Gasteiger partial charge is 0.372 e. The van der Waals surface area contributed by atoms with E-state index < -0.39 is 0 Å². The summed E-state index contributed by atoms with van der Waals surface area (Å²) in [5.41, 5.74) is 2.17. The lowest BCUT2D eigenvalue weighted by Gasteiger charge is -2.32. The molecule has 1 atom stereocenters. The lowest BCUT2D eigenvalue weighted by Crippen LogP contribution is -3.28. The van der Waals surface area contributed by atoms with Gasteiger partial charge in [-0.15, -0.1) is 0 Å². The third-order valence-corrected chi connectivity index (χ3v) is 5.54. The summed E-state index contributed by atoms with van der Waals surface area (Å²) in [7, 11) is 0. The van der Waals surface area contributed by atoms with Crippen LogP contribution in [0, 0.1) is 0 Å². The fourth-order valence-corrected chi connectivity index (χ4v) is 4.00. The summed E-state index contributed by atoms with van der Waals surface area (Å²) in [5, 5.41) is 3.10.